The Morgan fingerprint density at radius 1 is 1.32 bits per heavy atom. The minimum atomic E-state index is -1.38. The molecule has 3 aromatic rings. The molecule has 2 aromatic carbocycles. The summed E-state index contributed by atoms with van der Waals surface area (Å²) in [6.45, 7) is 5.12. The Kier molecular flexibility index (Phi) is 5.65. The number of anilines is 2. The maximum Gasteiger partial charge on any atom is 0.341 e. The molecule has 2 aliphatic rings. The Labute approximate surface area is 195 Å². The monoisotopic (exact) mass is 466 g/mol. The molecule has 34 heavy (non-hydrogen) atoms. The van der Waals surface area contributed by atoms with Gasteiger partial charge in [0.2, 0.25) is 5.43 Å². The second-order valence-corrected chi connectivity index (χ2v) is 9.02. The van der Waals surface area contributed by atoms with Crippen LogP contribution in [0.5, 0.6) is 5.75 Å². The summed E-state index contributed by atoms with van der Waals surface area (Å²) in [6.07, 6.45) is 2.37. The van der Waals surface area contributed by atoms with Crippen LogP contribution >= 0.6 is 0 Å². The number of carbonyl (C=O) groups is 1. The summed E-state index contributed by atoms with van der Waals surface area (Å²) < 4.78 is 22.8. The molecule has 0 aliphatic carbocycles. The van der Waals surface area contributed by atoms with Gasteiger partial charge in [0.05, 0.1) is 22.6 Å². The lowest BCUT2D eigenvalue weighted by atomic mass is 9.99. The van der Waals surface area contributed by atoms with Crippen LogP contribution in [0.15, 0.2) is 41.3 Å². The van der Waals surface area contributed by atoms with E-state index in [4.69, 9.17) is 10.5 Å². The van der Waals surface area contributed by atoms with Crippen LogP contribution in [-0.2, 0) is 0 Å². The number of hydrogen-bond acceptors (Lipinski definition) is 6. The smallest absolute Gasteiger partial charge is 0.341 e. The van der Waals surface area contributed by atoms with Crippen molar-refractivity contribution in [3.63, 3.8) is 0 Å². The maximum atomic E-state index is 15.4. The number of nitrogens with zero attached hydrogens (tertiary/aromatic N) is 2. The lowest BCUT2D eigenvalue weighted by Gasteiger charge is -2.29. The van der Waals surface area contributed by atoms with Gasteiger partial charge in [-0.05, 0) is 31.4 Å². The molecule has 2 aliphatic heterocycles. The number of nitrogens with two attached hydrogens (primary N) is 1. The molecule has 9 heteroatoms. The first-order valence-electron chi connectivity index (χ1n) is 11.4. The van der Waals surface area contributed by atoms with Gasteiger partial charge in [-0.25, -0.2) is 9.18 Å². The van der Waals surface area contributed by atoms with Gasteiger partial charge >= 0.3 is 5.97 Å². The van der Waals surface area contributed by atoms with Crippen molar-refractivity contribution in [2.45, 2.75) is 25.3 Å². The summed E-state index contributed by atoms with van der Waals surface area (Å²) >= 11 is 0. The van der Waals surface area contributed by atoms with Crippen LogP contribution in [0.4, 0.5) is 15.8 Å². The summed E-state index contributed by atoms with van der Waals surface area (Å²) in [6, 6.07) is 10.2. The Bertz CT molecular complexity index is 1320. The van der Waals surface area contributed by atoms with E-state index in [2.05, 4.69) is 34.5 Å². The highest BCUT2D eigenvalue weighted by Crippen LogP contribution is 2.43. The summed E-state index contributed by atoms with van der Waals surface area (Å²) in [5.41, 5.74) is 6.17. The van der Waals surface area contributed by atoms with Crippen molar-refractivity contribution < 1.29 is 19.0 Å². The van der Waals surface area contributed by atoms with Gasteiger partial charge in [-0.15, -0.1) is 0 Å². The van der Waals surface area contributed by atoms with Crippen molar-refractivity contribution in [3.8, 4) is 5.75 Å². The number of halogens is 1. The van der Waals surface area contributed by atoms with Gasteiger partial charge < -0.3 is 30.4 Å². The number of ether oxygens (including phenoxy) is 1. The number of aromatic nitrogens is 1. The molecule has 5 rings (SSSR count). The van der Waals surface area contributed by atoms with Gasteiger partial charge in [0.1, 0.15) is 17.9 Å². The summed E-state index contributed by atoms with van der Waals surface area (Å²) in [7, 11) is 0. The fourth-order valence-electron chi connectivity index (χ4n) is 5.03. The van der Waals surface area contributed by atoms with Gasteiger partial charge in [0.15, 0.2) is 11.6 Å². The number of benzene rings is 2. The molecular weight excluding hydrogens is 439 g/mol. The Hall–Kier alpha value is -3.59. The minimum absolute atomic E-state index is 0.104. The van der Waals surface area contributed by atoms with Gasteiger partial charge in [0, 0.05) is 25.8 Å². The molecule has 2 atom stereocenters. The van der Waals surface area contributed by atoms with E-state index in [1.165, 1.54) is 11.8 Å². The molecule has 0 bridgehead atoms. The third-order valence-electron chi connectivity index (χ3n) is 6.85. The molecule has 1 aromatic heterocycles. The van der Waals surface area contributed by atoms with E-state index in [1.807, 2.05) is 13.0 Å². The molecule has 4 N–H and O–H groups in total. The van der Waals surface area contributed by atoms with Crippen molar-refractivity contribution in [2.24, 2.45) is 0 Å². The van der Waals surface area contributed by atoms with Crippen LogP contribution in [0.3, 0.4) is 0 Å². The van der Waals surface area contributed by atoms with Crippen molar-refractivity contribution >= 4 is 28.2 Å². The number of likely N-dealkylation sites (tertiary alicyclic amines) is 1. The van der Waals surface area contributed by atoms with Crippen LogP contribution < -0.4 is 21.2 Å². The second kappa shape index (κ2) is 8.64. The Morgan fingerprint density at radius 3 is 2.82 bits per heavy atom. The SMILES string of the molecule is C[C@H]1COc2c(NCCN3CCC(c4ccccc4)C3)c(F)c(N)c3c(=O)c(C(=O)O)cn1c23. The van der Waals surface area contributed by atoms with Crippen LogP contribution in [0.1, 0.15) is 41.2 Å². The van der Waals surface area contributed by atoms with Gasteiger partial charge in [0.25, 0.3) is 0 Å². The molecule has 0 spiro atoms. The average molecular weight is 467 g/mol. The van der Waals surface area contributed by atoms with Crippen molar-refractivity contribution in [3.05, 3.63) is 63.7 Å². The molecule has 1 saturated heterocycles. The first-order chi connectivity index (χ1) is 16.4. The highest BCUT2D eigenvalue weighted by molar-refractivity contribution is 6.03. The highest BCUT2D eigenvalue weighted by atomic mass is 19.1. The van der Waals surface area contributed by atoms with Crippen molar-refractivity contribution in [1.82, 2.24) is 9.47 Å². The highest BCUT2D eigenvalue weighted by Gasteiger charge is 2.31. The first kappa shape index (κ1) is 22.2. The van der Waals surface area contributed by atoms with Gasteiger partial charge in [-0.1, -0.05) is 30.3 Å². The zero-order valence-corrected chi connectivity index (χ0v) is 18.9. The number of aromatic carboxylic acids is 1. The van der Waals surface area contributed by atoms with Crippen molar-refractivity contribution in [2.75, 3.05) is 43.8 Å². The maximum absolute atomic E-state index is 15.4. The molecule has 0 amide bonds. The largest absolute Gasteiger partial charge is 0.487 e. The molecule has 178 valence electrons. The third kappa shape index (κ3) is 3.66. The van der Waals surface area contributed by atoms with E-state index in [9.17, 15) is 14.7 Å². The average Bonchev–Trinajstić information content (AvgIpc) is 3.30. The molecule has 1 unspecified atom stereocenters. The number of carboxylic acids is 1. The standard InChI is InChI=1S/C25H27FN4O4/c1-14-13-34-24-21(28-8-10-29-9-7-16(11-29)15-5-3-2-4-6-15)19(26)20(27)18-22(24)30(14)12-17(23(18)31)25(32)33/h2-6,12,14,16,28H,7-11,13,27H2,1H3,(H,32,33)/t14-,16?/m0/s1. The van der Waals surface area contributed by atoms with Crippen LogP contribution in [0.25, 0.3) is 10.9 Å². The zero-order valence-electron chi connectivity index (χ0n) is 18.9. The van der Waals surface area contributed by atoms with Crippen LogP contribution in [-0.4, -0.2) is 53.3 Å². The van der Waals surface area contributed by atoms with Gasteiger partial charge in [-0.2, -0.15) is 0 Å². The third-order valence-corrected chi connectivity index (χ3v) is 6.85. The fraction of sp³-hybridized carbons (Fsp3) is 0.360. The van der Waals surface area contributed by atoms with Crippen molar-refractivity contribution in [1.29, 1.82) is 0 Å². The van der Waals surface area contributed by atoms with E-state index in [1.54, 1.807) is 4.57 Å². The number of pyridine rings is 1. The number of hydrogen-bond donors (Lipinski definition) is 3. The lowest BCUT2D eigenvalue weighted by molar-refractivity contribution is 0.0694. The number of rotatable bonds is 6. The number of nitrogen functional groups attached to an aromatic ring is 1. The summed E-state index contributed by atoms with van der Waals surface area (Å²) in [4.78, 5) is 26.7. The minimum Gasteiger partial charge on any atom is -0.487 e. The zero-order chi connectivity index (χ0) is 24.0. The Morgan fingerprint density at radius 2 is 2.09 bits per heavy atom. The van der Waals surface area contributed by atoms with Crippen LogP contribution in [0, 0.1) is 5.82 Å². The normalized spacial score (nSPS) is 19.8. The van der Waals surface area contributed by atoms with E-state index in [0.29, 0.717) is 24.5 Å². The van der Waals surface area contributed by atoms with E-state index in [0.717, 1.165) is 19.5 Å². The summed E-state index contributed by atoms with van der Waals surface area (Å²) in [5, 5.41) is 12.4. The topological polar surface area (TPSA) is 110 Å². The number of nitrogens with one attached hydrogen (secondary N) is 1. The molecule has 0 saturated carbocycles. The molecule has 1 fully saturated rings. The predicted octanol–water partition coefficient (Wildman–Crippen LogP) is 3.28. The quantitative estimate of drug-likeness (QED) is 0.478. The van der Waals surface area contributed by atoms with E-state index < -0.39 is 22.8 Å². The molecular formula is C25H27FN4O4. The summed E-state index contributed by atoms with van der Waals surface area (Å²) in [5.74, 6) is -1.50. The first-order valence-corrected chi connectivity index (χ1v) is 11.4. The second-order valence-electron chi connectivity index (χ2n) is 9.02. The van der Waals surface area contributed by atoms with Gasteiger partial charge in [-0.3, -0.25) is 4.79 Å². The van der Waals surface area contributed by atoms with E-state index in [-0.39, 0.29) is 35.2 Å². The fourth-order valence-corrected chi connectivity index (χ4v) is 5.03. The molecule has 8 nitrogen and oxygen atoms in total. The lowest BCUT2D eigenvalue weighted by Crippen LogP contribution is -2.29. The van der Waals surface area contributed by atoms with E-state index >= 15 is 4.39 Å². The predicted molar refractivity (Wildman–Crippen MR) is 128 cm³/mol. The Balaban J connectivity index is 1.42. The van der Waals surface area contributed by atoms with Crippen LogP contribution in [0.2, 0.25) is 0 Å². The molecule has 3 heterocycles. The number of carboxylic acid groups (broad SMARTS) is 1. The molecule has 0 radical (unpaired) electrons.